The molecule has 32 heavy (non-hydrogen) atoms. The van der Waals surface area contributed by atoms with Crippen molar-refractivity contribution in [3.63, 3.8) is 0 Å². The molecular formula is C21H19ClF6N2O2. The minimum absolute atomic E-state index is 0.0421. The Hall–Kier alpha value is -2.36. The van der Waals surface area contributed by atoms with Gasteiger partial charge in [-0.15, -0.1) is 0 Å². The Bertz CT molecular complexity index is 985. The van der Waals surface area contributed by atoms with Crippen LogP contribution < -0.4 is 0 Å². The van der Waals surface area contributed by atoms with E-state index in [1.165, 1.54) is 0 Å². The van der Waals surface area contributed by atoms with Gasteiger partial charge in [0.15, 0.2) is 0 Å². The van der Waals surface area contributed by atoms with Gasteiger partial charge in [0.2, 0.25) is 0 Å². The number of aromatic nitrogens is 2. The number of hydrogen-bond acceptors (Lipinski definition) is 4. The van der Waals surface area contributed by atoms with Crippen molar-refractivity contribution in [2.45, 2.75) is 56.8 Å². The van der Waals surface area contributed by atoms with Crippen LogP contribution in [0.5, 0.6) is 0 Å². The molecule has 2 aromatic heterocycles. The fourth-order valence-corrected chi connectivity index (χ4v) is 3.10. The summed E-state index contributed by atoms with van der Waals surface area (Å²) in [6, 6.07) is 3.70. The van der Waals surface area contributed by atoms with Crippen molar-refractivity contribution in [3.05, 3.63) is 57.6 Å². The molecule has 2 aliphatic rings. The van der Waals surface area contributed by atoms with E-state index in [1.807, 2.05) is 0 Å². The fraction of sp³-hybridized carbons (Fsp3) is 0.476. The first-order chi connectivity index (χ1) is 14.9. The lowest BCUT2D eigenvalue weighted by molar-refractivity contribution is -0.138. The summed E-state index contributed by atoms with van der Waals surface area (Å²) in [4.78, 5) is 19.3. The number of carbonyl (C=O) groups is 1. The second kappa shape index (κ2) is 9.25. The van der Waals surface area contributed by atoms with E-state index >= 15 is 0 Å². The average molecular weight is 481 g/mol. The molecular weight excluding hydrogens is 462 g/mol. The van der Waals surface area contributed by atoms with Crippen LogP contribution >= 0.6 is 11.6 Å². The molecule has 2 saturated carbocycles. The van der Waals surface area contributed by atoms with E-state index in [4.69, 9.17) is 11.6 Å². The number of rotatable bonds is 4. The third kappa shape index (κ3) is 6.57. The first-order valence-electron chi connectivity index (χ1n) is 9.89. The lowest BCUT2D eigenvalue weighted by Gasteiger charge is -2.10. The standard InChI is InChI=1S/C12H12F3NO2.C9H7ClF3N/c1-2-18-11(17)10-6-8(12(13,14)15)5-9(16-10)7-3-4-7;10-8-4-6(9(11,12)13)3-7(14-8)5-1-2-5/h5-7H,2-4H2,1H3;3-5H,1-2H2. The summed E-state index contributed by atoms with van der Waals surface area (Å²) in [7, 11) is 0. The highest BCUT2D eigenvalue weighted by Crippen LogP contribution is 2.42. The summed E-state index contributed by atoms with van der Waals surface area (Å²) in [5.41, 5.74) is -1.03. The molecule has 0 saturated heterocycles. The van der Waals surface area contributed by atoms with Crippen molar-refractivity contribution in [1.29, 1.82) is 0 Å². The Morgan fingerprint density at radius 1 is 0.906 bits per heavy atom. The number of hydrogen-bond donors (Lipinski definition) is 0. The molecule has 0 aromatic carbocycles. The quantitative estimate of drug-likeness (QED) is 0.275. The molecule has 2 aliphatic carbocycles. The van der Waals surface area contributed by atoms with E-state index in [1.54, 1.807) is 6.92 Å². The zero-order chi connectivity index (χ0) is 23.7. The van der Waals surface area contributed by atoms with Crippen LogP contribution in [0, 0.1) is 0 Å². The number of pyridine rings is 2. The summed E-state index contributed by atoms with van der Waals surface area (Å²) in [6.07, 6.45) is -5.37. The SMILES string of the molecule is CCOC(=O)c1cc(C(F)(F)F)cc(C2CC2)n1.FC(F)(F)c1cc(Cl)nc(C2CC2)c1. The van der Waals surface area contributed by atoms with Crippen LogP contribution in [0.3, 0.4) is 0 Å². The monoisotopic (exact) mass is 480 g/mol. The van der Waals surface area contributed by atoms with Gasteiger partial charge in [-0.2, -0.15) is 26.3 Å². The number of ether oxygens (including phenoxy) is 1. The number of halogens is 7. The number of esters is 1. The van der Waals surface area contributed by atoms with E-state index in [9.17, 15) is 31.1 Å². The van der Waals surface area contributed by atoms with Crippen molar-refractivity contribution >= 4 is 17.6 Å². The van der Waals surface area contributed by atoms with Gasteiger partial charge in [0.1, 0.15) is 10.8 Å². The Balaban J connectivity index is 0.000000186. The minimum atomic E-state index is -4.48. The molecule has 0 spiro atoms. The van der Waals surface area contributed by atoms with Gasteiger partial charge < -0.3 is 4.74 Å². The molecule has 0 N–H and O–H groups in total. The lowest BCUT2D eigenvalue weighted by atomic mass is 10.1. The lowest BCUT2D eigenvalue weighted by Crippen LogP contribution is -2.13. The summed E-state index contributed by atoms with van der Waals surface area (Å²) in [6.45, 7) is 1.70. The summed E-state index contributed by atoms with van der Waals surface area (Å²) in [5, 5.41) is -0.0817. The predicted molar refractivity (Wildman–Crippen MR) is 103 cm³/mol. The molecule has 11 heteroatoms. The van der Waals surface area contributed by atoms with Crippen molar-refractivity contribution in [1.82, 2.24) is 9.97 Å². The van der Waals surface area contributed by atoms with Crippen LogP contribution in [0.1, 0.15) is 77.4 Å². The predicted octanol–water partition coefficient (Wildman–Crippen LogP) is 6.79. The van der Waals surface area contributed by atoms with Crippen LogP contribution in [0.4, 0.5) is 26.3 Å². The second-order valence-corrected chi connectivity index (χ2v) is 7.92. The van der Waals surface area contributed by atoms with Crippen LogP contribution in [0.25, 0.3) is 0 Å². The second-order valence-electron chi connectivity index (χ2n) is 7.53. The van der Waals surface area contributed by atoms with Gasteiger partial charge >= 0.3 is 18.3 Å². The zero-order valence-corrected chi connectivity index (χ0v) is 17.6. The topological polar surface area (TPSA) is 52.1 Å². The number of carbonyl (C=O) groups excluding carboxylic acids is 1. The Labute approximate surface area is 185 Å². The largest absolute Gasteiger partial charge is 0.461 e. The van der Waals surface area contributed by atoms with Gasteiger partial charge in [-0.05, 0) is 56.9 Å². The van der Waals surface area contributed by atoms with Crippen LogP contribution in [-0.2, 0) is 17.1 Å². The summed E-state index contributed by atoms with van der Waals surface area (Å²) in [5.74, 6) is -0.597. The molecule has 4 nitrogen and oxygen atoms in total. The van der Waals surface area contributed by atoms with Crippen LogP contribution in [0.15, 0.2) is 24.3 Å². The van der Waals surface area contributed by atoms with E-state index in [-0.39, 0.29) is 29.3 Å². The van der Waals surface area contributed by atoms with E-state index in [2.05, 4.69) is 14.7 Å². The average Bonchev–Trinajstić information content (AvgIpc) is 3.59. The first kappa shape index (κ1) is 24.3. The van der Waals surface area contributed by atoms with Crippen molar-refractivity contribution in [2.75, 3.05) is 6.61 Å². The third-order valence-electron chi connectivity index (χ3n) is 4.79. The Morgan fingerprint density at radius 2 is 1.38 bits per heavy atom. The fourth-order valence-electron chi connectivity index (χ4n) is 2.88. The van der Waals surface area contributed by atoms with Gasteiger partial charge in [-0.3, -0.25) is 0 Å². The van der Waals surface area contributed by atoms with Crippen molar-refractivity contribution < 1.29 is 35.9 Å². The Morgan fingerprint density at radius 3 is 1.81 bits per heavy atom. The van der Waals surface area contributed by atoms with Crippen LogP contribution in [0.2, 0.25) is 5.15 Å². The van der Waals surface area contributed by atoms with Gasteiger partial charge in [0.05, 0.1) is 17.7 Å². The molecule has 0 amide bonds. The smallest absolute Gasteiger partial charge is 0.416 e. The maximum atomic E-state index is 12.7. The molecule has 4 rings (SSSR count). The Kier molecular flexibility index (Phi) is 7.02. The molecule has 0 bridgehead atoms. The van der Waals surface area contributed by atoms with Gasteiger partial charge in [-0.25, -0.2) is 14.8 Å². The zero-order valence-electron chi connectivity index (χ0n) is 16.9. The van der Waals surface area contributed by atoms with Crippen molar-refractivity contribution in [2.24, 2.45) is 0 Å². The van der Waals surface area contributed by atoms with E-state index in [0.717, 1.165) is 49.9 Å². The maximum Gasteiger partial charge on any atom is 0.416 e. The highest BCUT2D eigenvalue weighted by atomic mass is 35.5. The van der Waals surface area contributed by atoms with Crippen molar-refractivity contribution in [3.8, 4) is 0 Å². The molecule has 174 valence electrons. The molecule has 2 fully saturated rings. The number of nitrogens with zero attached hydrogens (tertiary/aromatic N) is 2. The van der Waals surface area contributed by atoms with E-state index in [0.29, 0.717) is 11.4 Å². The third-order valence-corrected chi connectivity index (χ3v) is 4.98. The normalized spacial score (nSPS) is 16.2. The van der Waals surface area contributed by atoms with Gasteiger partial charge in [0.25, 0.3) is 0 Å². The van der Waals surface area contributed by atoms with Crippen LogP contribution in [-0.4, -0.2) is 22.5 Å². The number of alkyl halides is 6. The molecule has 0 radical (unpaired) electrons. The highest BCUT2D eigenvalue weighted by Gasteiger charge is 2.35. The summed E-state index contributed by atoms with van der Waals surface area (Å²) >= 11 is 5.52. The molecule has 0 unspecified atom stereocenters. The first-order valence-corrected chi connectivity index (χ1v) is 10.3. The highest BCUT2D eigenvalue weighted by molar-refractivity contribution is 6.29. The van der Waals surface area contributed by atoms with Gasteiger partial charge in [-0.1, -0.05) is 11.6 Å². The molecule has 2 aromatic rings. The molecule has 0 aliphatic heterocycles. The maximum absolute atomic E-state index is 12.7. The molecule has 2 heterocycles. The molecule has 0 atom stereocenters. The minimum Gasteiger partial charge on any atom is -0.461 e. The summed E-state index contributed by atoms with van der Waals surface area (Å²) < 4.78 is 79.8. The van der Waals surface area contributed by atoms with E-state index < -0.39 is 29.4 Å². The van der Waals surface area contributed by atoms with Gasteiger partial charge in [0, 0.05) is 23.2 Å².